The summed E-state index contributed by atoms with van der Waals surface area (Å²) in [5, 5.41) is 11.7. The lowest BCUT2D eigenvalue weighted by Crippen LogP contribution is -2.45. The fraction of sp³-hybridized carbons (Fsp3) is 0.400. The fourth-order valence-corrected chi connectivity index (χ4v) is 1.76. The Kier molecular flexibility index (Phi) is 6.37. The van der Waals surface area contributed by atoms with E-state index in [9.17, 15) is 14.4 Å². The molecule has 0 fully saturated rings. The van der Waals surface area contributed by atoms with Crippen molar-refractivity contribution in [1.82, 2.24) is 5.32 Å². The van der Waals surface area contributed by atoms with E-state index in [4.69, 9.17) is 15.6 Å². The van der Waals surface area contributed by atoms with Gasteiger partial charge in [0.1, 0.15) is 11.8 Å². The molecular formula is C15H20N2O5. The number of nitrogens with one attached hydrogen (secondary N) is 1. The maximum atomic E-state index is 12.1. The Bertz CT molecular complexity index is 541. The van der Waals surface area contributed by atoms with Gasteiger partial charge in [0.2, 0.25) is 0 Å². The maximum absolute atomic E-state index is 12.1. The molecule has 1 aromatic carbocycles. The van der Waals surface area contributed by atoms with Crippen molar-refractivity contribution in [3.8, 4) is 5.75 Å². The van der Waals surface area contributed by atoms with Crippen LogP contribution in [0.15, 0.2) is 24.3 Å². The molecule has 7 heteroatoms. The van der Waals surface area contributed by atoms with Gasteiger partial charge in [-0.3, -0.25) is 9.59 Å². The molecule has 2 amide bonds. The van der Waals surface area contributed by atoms with Gasteiger partial charge in [-0.25, -0.2) is 4.79 Å². The number of carbonyl (C=O) groups excluding carboxylic acids is 2. The standard InChI is InChI=1S/C15H20N2O5/c1-3-9(2)13(15(20)21)17-14(19)10-4-6-11(7-5-10)22-8-12(16)18/h4-7,9,13H,3,8H2,1-2H3,(H2,16,18)(H,17,19)(H,20,21)/t9-,13-/m0/s1. The lowest BCUT2D eigenvalue weighted by Gasteiger charge is -2.20. The summed E-state index contributed by atoms with van der Waals surface area (Å²) in [7, 11) is 0. The first-order valence-electron chi connectivity index (χ1n) is 6.90. The van der Waals surface area contributed by atoms with Gasteiger partial charge in [0.15, 0.2) is 6.61 Å². The third-order valence-electron chi connectivity index (χ3n) is 3.26. The number of carboxylic acid groups (broad SMARTS) is 1. The molecule has 0 radical (unpaired) electrons. The van der Waals surface area contributed by atoms with Gasteiger partial charge in [0, 0.05) is 5.56 Å². The highest BCUT2D eigenvalue weighted by Crippen LogP contribution is 2.13. The van der Waals surface area contributed by atoms with Gasteiger partial charge in [-0.05, 0) is 30.2 Å². The maximum Gasteiger partial charge on any atom is 0.326 e. The van der Waals surface area contributed by atoms with Gasteiger partial charge in [-0.1, -0.05) is 20.3 Å². The van der Waals surface area contributed by atoms with Gasteiger partial charge >= 0.3 is 5.97 Å². The summed E-state index contributed by atoms with van der Waals surface area (Å²) in [5.74, 6) is -1.93. The lowest BCUT2D eigenvalue weighted by atomic mass is 9.99. The van der Waals surface area contributed by atoms with Crippen molar-refractivity contribution >= 4 is 17.8 Å². The average Bonchev–Trinajstić information content (AvgIpc) is 2.49. The minimum absolute atomic E-state index is 0.181. The van der Waals surface area contributed by atoms with Crippen molar-refractivity contribution in [3.05, 3.63) is 29.8 Å². The first-order chi connectivity index (χ1) is 10.3. The summed E-state index contributed by atoms with van der Waals surface area (Å²) in [4.78, 5) is 33.9. The highest BCUT2D eigenvalue weighted by Gasteiger charge is 2.25. The van der Waals surface area contributed by atoms with Gasteiger partial charge < -0.3 is 20.9 Å². The monoisotopic (exact) mass is 308 g/mol. The predicted octanol–water partition coefficient (Wildman–Crippen LogP) is 0.780. The molecule has 0 saturated carbocycles. The van der Waals surface area contributed by atoms with Crippen LogP contribution in [0.2, 0.25) is 0 Å². The predicted molar refractivity (Wildman–Crippen MR) is 79.5 cm³/mol. The minimum atomic E-state index is -1.07. The Hall–Kier alpha value is -2.57. The molecule has 0 aliphatic rings. The zero-order chi connectivity index (χ0) is 16.7. The van der Waals surface area contributed by atoms with Gasteiger partial charge in [0.25, 0.3) is 11.8 Å². The number of ether oxygens (including phenoxy) is 1. The smallest absolute Gasteiger partial charge is 0.326 e. The molecule has 0 saturated heterocycles. The van der Waals surface area contributed by atoms with Crippen LogP contribution in [-0.4, -0.2) is 35.5 Å². The SMILES string of the molecule is CC[C@H](C)[C@H](NC(=O)c1ccc(OCC(N)=O)cc1)C(=O)O. The second-order valence-corrected chi connectivity index (χ2v) is 4.95. The van der Waals surface area contributed by atoms with Crippen molar-refractivity contribution in [3.63, 3.8) is 0 Å². The summed E-state index contributed by atoms with van der Waals surface area (Å²) in [6.45, 7) is 3.37. The van der Waals surface area contributed by atoms with Crippen molar-refractivity contribution in [1.29, 1.82) is 0 Å². The molecule has 0 aliphatic heterocycles. The Morgan fingerprint density at radius 2 is 1.86 bits per heavy atom. The first kappa shape index (κ1) is 17.5. The van der Waals surface area contributed by atoms with Crippen LogP contribution in [0.3, 0.4) is 0 Å². The molecule has 1 rings (SSSR count). The summed E-state index contributed by atoms with van der Waals surface area (Å²) in [5.41, 5.74) is 5.27. The van der Waals surface area contributed by atoms with E-state index in [0.717, 1.165) is 0 Å². The normalized spacial score (nSPS) is 13.0. The molecule has 0 aliphatic carbocycles. The van der Waals surface area contributed by atoms with E-state index in [1.807, 2.05) is 6.92 Å². The van der Waals surface area contributed by atoms with Crippen molar-refractivity contribution in [2.45, 2.75) is 26.3 Å². The number of hydrogen-bond acceptors (Lipinski definition) is 4. The van der Waals surface area contributed by atoms with Crippen LogP contribution >= 0.6 is 0 Å². The number of amides is 2. The van der Waals surface area contributed by atoms with Crippen LogP contribution in [0.4, 0.5) is 0 Å². The van der Waals surface area contributed by atoms with E-state index in [-0.39, 0.29) is 12.5 Å². The third kappa shape index (κ3) is 5.08. The number of carboxylic acids is 1. The van der Waals surface area contributed by atoms with Gasteiger partial charge in [-0.2, -0.15) is 0 Å². The van der Waals surface area contributed by atoms with Crippen LogP contribution in [0.1, 0.15) is 30.6 Å². The molecule has 7 nitrogen and oxygen atoms in total. The Morgan fingerprint density at radius 1 is 1.27 bits per heavy atom. The fourth-order valence-electron chi connectivity index (χ4n) is 1.76. The van der Waals surface area contributed by atoms with E-state index >= 15 is 0 Å². The average molecular weight is 308 g/mol. The molecule has 2 atom stereocenters. The number of hydrogen-bond donors (Lipinski definition) is 3. The molecule has 0 spiro atoms. The molecule has 0 aromatic heterocycles. The molecule has 22 heavy (non-hydrogen) atoms. The highest BCUT2D eigenvalue weighted by molar-refractivity contribution is 5.96. The molecule has 1 aromatic rings. The Labute approximate surface area is 128 Å². The molecule has 0 bridgehead atoms. The zero-order valence-electron chi connectivity index (χ0n) is 12.5. The zero-order valence-corrected chi connectivity index (χ0v) is 12.5. The topological polar surface area (TPSA) is 119 Å². The summed E-state index contributed by atoms with van der Waals surface area (Å²) >= 11 is 0. The Balaban J connectivity index is 2.72. The van der Waals surface area contributed by atoms with Gasteiger partial charge in [-0.15, -0.1) is 0 Å². The number of rotatable bonds is 8. The highest BCUT2D eigenvalue weighted by atomic mass is 16.5. The third-order valence-corrected chi connectivity index (χ3v) is 3.26. The molecular weight excluding hydrogens is 288 g/mol. The second-order valence-electron chi connectivity index (χ2n) is 4.95. The van der Waals surface area contributed by atoms with Crippen molar-refractivity contribution in [2.24, 2.45) is 11.7 Å². The molecule has 0 heterocycles. The van der Waals surface area contributed by atoms with E-state index in [1.165, 1.54) is 24.3 Å². The van der Waals surface area contributed by atoms with E-state index in [1.54, 1.807) is 6.92 Å². The van der Waals surface area contributed by atoms with Crippen LogP contribution < -0.4 is 15.8 Å². The number of carbonyl (C=O) groups is 3. The van der Waals surface area contributed by atoms with E-state index < -0.39 is 23.8 Å². The van der Waals surface area contributed by atoms with Crippen LogP contribution in [0.5, 0.6) is 5.75 Å². The summed E-state index contributed by atoms with van der Waals surface area (Å²) in [6, 6.07) is 5.05. The quantitative estimate of drug-likeness (QED) is 0.655. The van der Waals surface area contributed by atoms with Crippen LogP contribution in [0, 0.1) is 5.92 Å². The molecule has 120 valence electrons. The van der Waals surface area contributed by atoms with Crippen molar-refractivity contribution < 1.29 is 24.2 Å². The van der Waals surface area contributed by atoms with Gasteiger partial charge in [0.05, 0.1) is 0 Å². The molecule has 4 N–H and O–H groups in total. The van der Waals surface area contributed by atoms with E-state index in [0.29, 0.717) is 17.7 Å². The Morgan fingerprint density at radius 3 is 2.32 bits per heavy atom. The molecule has 0 unspecified atom stereocenters. The van der Waals surface area contributed by atoms with Crippen molar-refractivity contribution in [2.75, 3.05) is 6.61 Å². The number of primary amides is 1. The lowest BCUT2D eigenvalue weighted by molar-refractivity contribution is -0.140. The van der Waals surface area contributed by atoms with Crippen LogP contribution in [0.25, 0.3) is 0 Å². The second kappa shape index (κ2) is 8.02. The summed E-state index contributed by atoms with van der Waals surface area (Å²) in [6.07, 6.45) is 0.636. The minimum Gasteiger partial charge on any atom is -0.484 e. The number of nitrogens with two attached hydrogens (primary N) is 1. The number of aliphatic carboxylic acids is 1. The van der Waals surface area contributed by atoms with E-state index in [2.05, 4.69) is 5.32 Å². The largest absolute Gasteiger partial charge is 0.484 e. The summed E-state index contributed by atoms with van der Waals surface area (Å²) < 4.78 is 5.08. The first-order valence-corrected chi connectivity index (χ1v) is 6.90. The number of benzene rings is 1. The van der Waals surface area contributed by atoms with Crippen LogP contribution in [-0.2, 0) is 9.59 Å².